The van der Waals surface area contributed by atoms with Crippen LogP contribution in [0.5, 0.6) is 0 Å². The molecule has 0 spiro atoms. The van der Waals surface area contributed by atoms with Gasteiger partial charge in [0.2, 0.25) is 0 Å². The summed E-state index contributed by atoms with van der Waals surface area (Å²) in [5, 5.41) is 23.8. The Morgan fingerprint density at radius 2 is 1.79 bits per heavy atom. The van der Waals surface area contributed by atoms with Gasteiger partial charge in [-0.1, -0.05) is 72.9 Å². The second-order valence-corrected chi connectivity index (χ2v) is 15.5. The molecule has 10 atom stereocenters. The average molecular weight is 634 g/mol. The second-order valence-electron chi connectivity index (χ2n) is 15.5. The zero-order valence-electron chi connectivity index (χ0n) is 27.9. The molecule has 2 fully saturated rings. The number of nitrogens with one attached hydrogen (secondary N) is 1. The molecule has 0 bridgehead atoms. The fourth-order valence-corrected chi connectivity index (χ4v) is 10.9. The first-order chi connectivity index (χ1) is 23.7. The third-order valence-corrected chi connectivity index (χ3v) is 13.1. The highest BCUT2D eigenvalue weighted by molar-refractivity contribution is 5.49. The molecule has 1 N–H and O–H groups in total. The molecule has 0 aromatic carbocycles. The summed E-state index contributed by atoms with van der Waals surface area (Å²) in [5.74, 6) is 3.86. The Balaban J connectivity index is 1.08. The van der Waals surface area contributed by atoms with Crippen LogP contribution < -0.4 is 5.32 Å². The fourth-order valence-electron chi connectivity index (χ4n) is 10.9. The number of fused-ring (bicyclic) bond motifs is 5. The molecule has 48 heavy (non-hydrogen) atoms. The quantitative estimate of drug-likeness (QED) is 0.315. The van der Waals surface area contributed by atoms with Gasteiger partial charge in [-0.05, 0) is 117 Å². The minimum absolute atomic E-state index is 0.181. The standard InChI is InChI=1S/C43H47N5/c44-26-28-9-7-10-30(21-28)31-11-8-12-32(23-31)33-24-42(47-38-16-4-1-13-34(38)35-14-2-5-17-39(35)47)46-43(25-33)48-40-18-6-3-15-36(40)37-22-29(27-45)19-20-41(37)48/h1,3,5-6,8,10-13,15,17-18,21,24,29,32-33,35-37,39-41,43,46H,2,4,7,9,14,16,19-20,22-23,25H2. The predicted molar refractivity (Wildman–Crippen MR) is 190 cm³/mol. The summed E-state index contributed by atoms with van der Waals surface area (Å²) in [6.07, 6.45) is 45.1. The Morgan fingerprint density at radius 1 is 0.854 bits per heavy atom. The molecule has 0 amide bonds. The summed E-state index contributed by atoms with van der Waals surface area (Å²) in [6, 6.07) is 6.30. The van der Waals surface area contributed by atoms with Gasteiger partial charge >= 0.3 is 0 Å². The van der Waals surface area contributed by atoms with Gasteiger partial charge < -0.3 is 10.2 Å². The number of nitriles is 2. The first kappa shape index (κ1) is 30.0. The van der Waals surface area contributed by atoms with E-state index in [0.717, 1.165) is 63.4 Å². The Hall–Kier alpha value is -4.06. The smallest absolute Gasteiger partial charge is 0.104 e. The number of rotatable bonds is 4. The van der Waals surface area contributed by atoms with E-state index in [9.17, 15) is 10.5 Å². The zero-order valence-corrected chi connectivity index (χ0v) is 27.9. The summed E-state index contributed by atoms with van der Waals surface area (Å²) in [7, 11) is 0. The molecule has 10 unspecified atom stereocenters. The Labute approximate surface area is 286 Å². The highest BCUT2D eigenvalue weighted by Gasteiger charge is 2.53. The fraction of sp³-hybridized carbons (Fsp3) is 0.488. The summed E-state index contributed by atoms with van der Waals surface area (Å²) >= 11 is 0. The van der Waals surface area contributed by atoms with Gasteiger partial charge in [-0.3, -0.25) is 4.90 Å². The van der Waals surface area contributed by atoms with Crippen molar-refractivity contribution in [2.75, 3.05) is 0 Å². The van der Waals surface area contributed by atoms with Gasteiger partial charge in [0.1, 0.15) is 5.82 Å². The maximum atomic E-state index is 9.92. The van der Waals surface area contributed by atoms with Crippen molar-refractivity contribution in [3.63, 3.8) is 0 Å². The monoisotopic (exact) mass is 633 g/mol. The molecule has 0 aromatic heterocycles. The average Bonchev–Trinajstić information content (AvgIpc) is 3.67. The zero-order chi connectivity index (χ0) is 32.2. The topological polar surface area (TPSA) is 66.1 Å². The van der Waals surface area contributed by atoms with E-state index in [-0.39, 0.29) is 12.1 Å². The molecule has 1 saturated heterocycles. The van der Waals surface area contributed by atoms with Crippen LogP contribution in [0.4, 0.5) is 0 Å². The molecule has 3 heterocycles. The van der Waals surface area contributed by atoms with E-state index >= 15 is 0 Å². The van der Waals surface area contributed by atoms with Gasteiger partial charge in [-0.2, -0.15) is 10.5 Å². The van der Waals surface area contributed by atoms with E-state index in [1.807, 2.05) is 0 Å². The molecular weight excluding hydrogens is 587 g/mol. The van der Waals surface area contributed by atoms with Gasteiger partial charge in [-0.15, -0.1) is 0 Å². The first-order valence-electron chi connectivity index (χ1n) is 18.7. The summed E-state index contributed by atoms with van der Waals surface area (Å²) in [4.78, 5) is 5.60. The van der Waals surface area contributed by atoms with Crippen molar-refractivity contribution >= 4 is 0 Å². The maximum Gasteiger partial charge on any atom is 0.104 e. The van der Waals surface area contributed by atoms with Crippen LogP contribution in [0.3, 0.4) is 0 Å². The summed E-state index contributed by atoms with van der Waals surface area (Å²) < 4.78 is 0. The summed E-state index contributed by atoms with van der Waals surface area (Å²) in [6.45, 7) is 0. The van der Waals surface area contributed by atoms with Crippen molar-refractivity contribution in [2.45, 2.75) is 94.9 Å². The van der Waals surface area contributed by atoms with Crippen molar-refractivity contribution in [3.8, 4) is 12.1 Å². The largest absolute Gasteiger partial charge is 0.356 e. The maximum absolute atomic E-state index is 9.92. The van der Waals surface area contributed by atoms with E-state index in [1.54, 1.807) is 5.57 Å². The highest BCUT2D eigenvalue weighted by atomic mass is 15.4. The molecular formula is C43H47N5. The van der Waals surface area contributed by atoms with E-state index < -0.39 is 0 Å². The van der Waals surface area contributed by atoms with Crippen LogP contribution in [-0.2, 0) is 0 Å². The van der Waals surface area contributed by atoms with Crippen LogP contribution in [0.15, 0.2) is 119 Å². The lowest BCUT2D eigenvalue weighted by Gasteiger charge is -2.47. The first-order valence-corrected chi connectivity index (χ1v) is 18.7. The molecule has 0 aromatic rings. The van der Waals surface area contributed by atoms with Crippen molar-refractivity contribution in [3.05, 3.63) is 119 Å². The van der Waals surface area contributed by atoms with Crippen molar-refractivity contribution in [1.82, 2.24) is 15.1 Å². The SMILES string of the molecule is N#CC1=CC(C2=CC=CC(C3C=C(N4C5=C(C=CCC5)C5CCC=CC54)NC(N4C5C=CC=CC5C5CC(C#N)CCC54)C3)C2)=CCC1. The molecule has 244 valence electrons. The molecule has 0 radical (unpaired) electrons. The van der Waals surface area contributed by atoms with E-state index in [4.69, 9.17) is 0 Å². The van der Waals surface area contributed by atoms with E-state index in [1.165, 1.54) is 35.5 Å². The Bertz CT molecular complexity index is 1740. The lowest BCUT2D eigenvalue weighted by Crippen LogP contribution is -2.57. The van der Waals surface area contributed by atoms with Gasteiger partial charge in [0.25, 0.3) is 0 Å². The van der Waals surface area contributed by atoms with Crippen LogP contribution in [0.1, 0.15) is 70.6 Å². The van der Waals surface area contributed by atoms with Crippen molar-refractivity contribution in [2.24, 2.45) is 35.5 Å². The number of allylic oxidation sites excluding steroid dienone is 15. The van der Waals surface area contributed by atoms with Crippen molar-refractivity contribution in [1.29, 1.82) is 10.5 Å². The molecule has 5 nitrogen and oxygen atoms in total. The number of hydrogen-bond acceptors (Lipinski definition) is 5. The minimum atomic E-state index is 0.181. The lowest BCUT2D eigenvalue weighted by atomic mass is 9.73. The third kappa shape index (κ3) is 5.05. The van der Waals surface area contributed by atoms with Crippen molar-refractivity contribution < 1.29 is 0 Å². The van der Waals surface area contributed by atoms with Gasteiger partial charge in [0.15, 0.2) is 0 Å². The van der Waals surface area contributed by atoms with Crippen LogP contribution in [0.2, 0.25) is 0 Å². The number of hydrogen-bond donors (Lipinski definition) is 1. The van der Waals surface area contributed by atoms with Crippen LogP contribution >= 0.6 is 0 Å². The normalized spacial score (nSPS) is 39.6. The second kappa shape index (κ2) is 12.4. The third-order valence-electron chi connectivity index (χ3n) is 13.1. The Morgan fingerprint density at radius 3 is 2.71 bits per heavy atom. The van der Waals surface area contributed by atoms with E-state index in [0.29, 0.717) is 47.7 Å². The molecule has 9 rings (SSSR count). The molecule has 1 saturated carbocycles. The molecule has 6 aliphatic carbocycles. The number of nitrogens with zero attached hydrogens (tertiary/aromatic N) is 4. The molecule has 9 aliphatic rings. The lowest BCUT2D eigenvalue weighted by molar-refractivity contribution is 0.0627. The van der Waals surface area contributed by atoms with Crippen LogP contribution in [0.25, 0.3) is 0 Å². The summed E-state index contributed by atoms with van der Waals surface area (Å²) in [5.41, 5.74) is 6.62. The number of likely N-dealkylation sites (tertiary alicyclic amines) is 1. The highest BCUT2D eigenvalue weighted by Crippen LogP contribution is 2.51. The van der Waals surface area contributed by atoms with Crippen LogP contribution in [-0.4, -0.2) is 34.1 Å². The Kier molecular flexibility index (Phi) is 7.78. The minimum Gasteiger partial charge on any atom is -0.356 e. The van der Waals surface area contributed by atoms with E-state index in [2.05, 4.69) is 112 Å². The van der Waals surface area contributed by atoms with Gasteiger partial charge in [-0.25, -0.2) is 0 Å². The molecule has 3 aliphatic heterocycles. The van der Waals surface area contributed by atoms with Gasteiger partial charge in [0.05, 0.1) is 24.3 Å². The van der Waals surface area contributed by atoms with Crippen LogP contribution in [0, 0.1) is 58.2 Å². The van der Waals surface area contributed by atoms with Gasteiger partial charge in [0, 0.05) is 41.1 Å². The predicted octanol–water partition coefficient (Wildman–Crippen LogP) is 8.43. The molecule has 5 heteroatoms.